The molecule has 1 aliphatic carbocycles. The van der Waals surface area contributed by atoms with Gasteiger partial charge in [0, 0.05) is 31.0 Å². The van der Waals surface area contributed by atoms with Gasteiger partial charge in [-0.15, -0.1) is 0 Å². The zero-order valence-corrected chi connectivity index (χ0v) is 10.2. The molecule has 0 radical (unpaired) electrons. The van der Waals surface area contributed by atoms with Crippen molar-refractivity contribution in [2.45, 2.75) is 25.0 Å². The molecule has 0 atom stereocenters. The summed E-state index contributed by atoms with van der Waals surface area (Å²) in [6, 6.07) is 1.91. The van der Waals surface area contributed by atoms with Crippen molar-refractivity contribution in [3.8, 4) is 11.5 Å². The molecule has 0 aromatic heterocycles. The summed E-state index contributed by atoms with van der Waals surface area (Å²) in [7, 11) is 1.18. The van der Waals surface area contributed by atoms with Crippen molar-refractivity contribution in [2.24, 2.45) is 0 Å². The summed E-state index contributed by atoms with van der Waals surface area (Å²) in [5, 5.41) is 10.8. The Labute approximate surface area is 108 Å². The third-order valence-corrected chi connectivity index (χ3v) is 2.90. The van der Waals surface area contributed by atoms with E-state index in [0.717, 1.165) is 12.1 Å². The number of rotatable bonds is 4. The molecular formula is C12H13F2NO4. The van der Waals surface area contributed by atoms with Gasteiger partial charge in [0.1, 0.15) is 11.9 Å². The molecule has 0 aliphatic heterocycles. The monoisotopic (exact) mass is 273 g/mol. The van der Waals surface area contributed by atoms with Gasteiger partial charge in [0.25, 0.3) is 0 Å². The molecule has 1 aromatic rings. The minimum atomic E-state index is -1.09. The molecule has 1 saturated carbocycles. The predicted molar refractivity (Wildman–Crippen MR) is 61.5 cm³/mol. The molecule has 0 saturated heterocycles. The largest absolute Gasteiger partial charge is 0.491 e. The van der Waals surface area contributed by atoms with E-state index >= 15 is 0 Å². The van der Waals surface area contributed by atoms with Crippen LogP contribution in [0, 0.1) is 11.6 Å². The predicted octanol–water partition coefficient (Wildman–Crippen LogP) is 2.15. The van der Waals surface area contributed by atoms with Crippen molar-refractivity contribution in [3.05, 3.63) is 23.8 Å². The van der Waals surface area contributed by atoms with Crippen molar-refractivity contribution in [3.63, 3.8) is 0 Å². The summed E-state index contributed by atoms with van der Waals surface area (Å²) in [5.41, 5.74) is 0. The first-order valence-electron chi connectivity index (χ1n) is 5.68. The summed E-state index contributed by atoms with van der Waals surface area (Å²) >= 11 is 0. The zero-order chi connectivity index (χ0) is 14.0. The van der Waals surface area contributed by atoms with E-state index in [1.165, 1.54) is 7.11 Å². The Bertz CT molecular complexity index is 466. The molecule has 2 N–H and O–H groups in total. The molecule has 1 fully saturated rings. The quantitative estimate of drug-likeness (QED) is 0.882. The Balaban J connectivity index is 1.93. The average Bonchev–Trinajstić information content (AvgIpc) is 2.25. The summed E-state index contributed by atoms with van der Waals surface area (Å²) in [6.07, 6.45) is -0.391. The number of hydrogen-bond acceptors (Lipinski definition) is 3. The van der Waals surface area contributed by atoms with Gasteiger partial charge in [0.05, 0.1) is 7.11 Å². The number of nitrogens with one attached hydrogen (secondary N) is 1. The molecule has 1 aliphatic rings. The maximum absolute atomic E-state index is 13.4. The van der Waals surface area contributed by atoms with E-state index in [-0.39, 0.29) is 17.9 Å². The Morgan fingerprint density at radius 2 is 1.95 bits per heavy atom. The van der Waals surface area contributed by atoms with E-state index in [1.807, 2.05) is 0 Å². The van der Waals surface area contributed by atoms with Crippen LogP contribution in [-0.4, -0.2) is 30.5 Å². The second-order valence-corrected chi connectivity index (χ2v) is 4.28. The first kappa shape index (κ1) is 13.4. The van der Waals surface area contributed by atoms with E-state index in [4.69, 9.17) is 9.84 Å². The Hall–Kier alpha value is -2.05. The van der Waals surface area contributed by atoms with Gasteiger partial charge in [-0.05, 0) is 0 Å². The van der Waals surface area contributed by atoms with Gasteiger partial charge in [-0.3, -0.25) is 0 Å². The van der Waals surface area contributed by atoms with Crippen molar-refractivity contribution in [1.82, 2.24) is 5.32 Å². The minimum Gasteiger partial charge on any atom is -0.491 e. The third-order valence-electron chi connectivity index (χ3n) is 2.90. The lowest BCUT2D eigenvalue weighted by molar-refractivity contribution is 0.0826. The van der Waals surface area contributed by atoms with Crippen LogP contribution in [0.4, 0.5) is 13.6 Å². The van der Waals surface area contributed by atoms with E-state index in [1.54, 1.807) is 0 Å². The van der Waals surface area contributed by atoms with Gasteiger partial charge >= 0.3 is 6.09 Å². The number of ether oxygens (including phenoxy) is 2. The highest BCUT2D eigenvalue weighted by molar-refractivity contribution is 5.65. The number of carboxylic acid groups (broad SMARTS) is 1. The fourth-order valence-electron chi connectivity index (χ4n) is 1.95. The SMILES string of the molecule is COc1c(F)cc(OC2CC(NC(=O)O)C2)cc1F. The Morgan fingerprint density at radius 1 is 1.37 bits per heavy atom. The van der Waals surface area contributed by atoms with Crippen LogP contribution in [-0.2, 0) is 0 Å². The lowest BCUT2D eigenvalue weighted by Gasteiger charge is -2.35. The second kappa shape index (κ2) is 5.29. The molecule has 7 heteroatoms. The topological polar surface area (TPSA) is 67.8 Å². The molecule has 5 nitrogen and oxygen atoms in total. The maximum atomic E-state index is 13.4. The van der Waals surface area contributed by atoms with E-state index < -0.39 is 23.5 Å². The van der Waals surface area contributed by atoms with Crippen LogP contribution in [0.25, 0.3) is 0 Å². The summed E-state index contributed by atoms with van der Waals surface area (Å²) in [6.45, 7) is 0. The average molecular weight is 273 g/mol. The summed E-state index contributed by atoms with van der Waals surface area (Å²) in [5.74, 6) is -2.06. The normalized spacial score (nSPS) is 21.4. The maximum Gasteiger partial charge on any atom is 0.404 e. The summed E-state index contributed by atoms with van der Waals surface area (Å²) in [4.78, 5) is 10.4. The number of amides is 1. The number of hydrogen-bond donors (Lipinski definition) is 2. The molecule has 0 spiro atoms. The second-order valence-electron chi connectivity index (χ2n) is 4.28. The number of benzene rings is 1. The zero-order valence-electron chi connectivity index (χ0n) is 10.2. The fourth-order valence-corrected chi connectivity index (χ4v) is 1.95. The van der Waals surface area contributed by atoms with Crippen LogP contribution in [0.15, 0.2) is 12.1 Å². The van der Waals surface area contributed by atoms with E-state index in [9.17, 15) is 13.6 Å². The van der Waals surface area contributed by atoms with Crippen molar-refractivity contribution < 1.29 is 28.2 Å². The fraction of sp³-hybridized carbons (Fsp3) is 0.417. The molecule has 104 valence electrons. The number of methoxy groups -OCH3 is 1. The van der Waals surface area contributed by atoms with Crippen molar-refractivity contribution in [1.29, 1.82) is 0 Å². The third kappa shape index (κ3) is 3.04. The summed E-state index contributed by atoms with van der Waals surface area (Å²) < 4.78 is 36.7. The molecule has 2 rings (SSSR count). The van der Waals surface area contributed by atoms with Crippen LogP contribution in [0.3, 0.4) is 0 Å². The molecule has 19 heavy (non-hydrogen) atoms. The first-order valence-corrected chi connectivity index (χ1v) is 5.68. The van der Waals surface area contributed by atoms with Gasteiger partial charge in [-0.2, -0.15) is 0 Å². The van der Waals surface area contributed by atoms with Gasteiger partial charge < -0.3 is 19.9 Å². The van der Waals surface area contributed by atoms with Gasteiger partial charge in [0.15, 0.2) is 17.4 Å². The Morgan fingerprint density at radius 3 is 2.42 bits per heavy atom. The molecule has 0 unspecified atom stereocenters. The van der Waals surface area contributed by atoms with Gasteiger partial charge in [0.2, 0.25) is 0 Å². The number of carbonyl (C=O) groups is 1. The highest BCUT2D eigenvalue weighted by atomic mass is 19.1. The molecule has 0 heterocycles. The molecule has 0 bridgehead atoms. The van der Waals surface area contributed by atoms with Crippen LogP contribution >= 0.6 is 0 Å². The Kier molecular flexibility index (Phi) is 3.73. The first-order chi connectivity index (χ1) is 8.99. The highest BCUT2D eigenvalue weighted by Crippen LogP contribution is 2.30. The smallest absolute Gasteiger partial charge is 0.404 e. The highest BCUT2D eigenvalue weighted by Gasteiger charge is 2.32. The standard InChI is InChI=1S/C12H13F2NO4/c1-18-11-9(13)4-8(5-10(11)14)19-7-2-6(3-7)15-12(16)17/h4-7,15H,2-3H2,1H3,(H,16,17). The molecule has 1 amide bonds. The molecule has 1 aromatic carbocycles. The van der Waals surface area contributed by atoms with Crippen LogP contribution in [0.1, 0.15) is 12.8 Å². The lowest BCUT2D eigenvalue weighted by Crippen LogP contribution is -2.48. The molecular weight excluding hydrogens is 260 g/mol. The number of halogens is 2. The van der Waals surface area contributed by atoms with Crippen molar-refractivity contribution >= 4 is 6.09 Å². The van der Waals surface area contributed by atoms with Crippen molar-refractivity contribution in [2.75, 3.05) is 7.11 Å². The van der Waals surface area contributed by atoms with Crippen LogP contribution in [0.2, 0.25) is 0 Å². The lowest BCUT2D eigenvalue weighted by atomic mass is 9.89. The van der Waals surface area contributed by atoms with E-state index in [2.05, 4.69) is 10.1 Å². The van der Waals surface area contributed by atoms with Crippen LogP contribution in [0.5, 0.6) is 11.5 Å². The van der Waals surface area contributed by atoms with Gasteiger partial charge in [-0.25, -0.2) is 13.6 Å². The van der Waals surface area contributed by atoms with Gasteiger partial charge in [-0.1, -0.05) is 0 Å². The minimum absolute atomic E-state index is 0.0644. The van der Waals surface area contributed by atoms with Crippen LogP contribution < -0.4 is 14.8 Å². The van der Waals surface area contributed by atoms with E-state index in [0.29, 0.717) is 12.8 Å².